The Kier molecular flexibility index (Phi) is 4.37. The van der Waals surface area contributed by atoms with Gasteiger partial charge >= 0.3 is 5.97 Å². The van der Waals surface area contributed by atoms with E-state index in [1.807, 2.05) is 24.3 Å². The Balaban J connectivity index is 1.75. The van der Waals surface area contributed by atoms with E-state index in [4.69, 9.17) is 5.11 Å². The number of rotatable bonds is 7. The molecule has 2 atom stereocenters. The van der Waals surface area contributed by atoms with Crippen molar-refractivity contribution in [3.8, 4) is 0 Å². The van der Waals surface area contributed by atoms with Gasteiger partial charge in [0.05, 0.1) is 6.42 Å². The maximum absolute atomic E-state index is 10.6. The molecule has 0 bridgehead atoms. The molecule has 1 aliphatic rings. The summed E-state index contributed by atoms with van der Waals surface area (Å²) < 4.78 is 0. The molecule has 1 aromatic carbocycles. The van der Waals surface area contributed by atoms with E-state index < -0.39 is 5.97 Å². The lowest BCUT2D eigenvalue weighted by atomic mass is 10.1. The topological polar surface area (TPSA) is 49.3 Å². The molecule has 1 aromatic rings. The molecule has 98 valence electrons. The van der Waals surface area contributed by atoms with Crippen LogP contribution in [0.3, 0.4) is 0 Å². The lowest BCUT2D eigenvalue weighted by Crippen LogP contribution is -2.17. The molecule has 2 N–H and O–H groups in total. The van der Waals surface area contributed by atoms with Crippen LogP contribution in [0, 0.1) is 5.92 Å². The summed E-state index contributed by atoms with van der Waals surface area (Å²) >= 11 is 0. The van der Waals surface area contributed by atoms with Crippen molar-refractivity contribution in [1.82, 2.24) is 5.32 Å². The fourth-order valence-corrected chi connectivity index (χ4v) is 2.39. The highest BCUT2D eigenvalue weighted by atomic mass is 16.4. The Labute approximate surface area is 108 Å². The third-order valence-corrected chi connectivity index (χ3v) is 3.53. The summed E-state index contributed by atoms with van der Waals surface area (Å²) in [4.78, 5) is 10.6. The van der Waals surface area contributed by atoms with Crippen LogP contribution in [-0.4, -0.2) is 17.1 Å². The first-order valence-corrected chi connectivity index (χ1v) is 6.72. The van der Waals surface area contributed by atoms with Gasteiger partial charge in [-0.3, -0.25) is 4.79 Å². The molecule has 3 heteroatoms. The molecule has 2 rings (SSSR count). The lowest BCUT2D eigenvalue weighted by molar-refractivity contribution is -0.136. The largest absolute Gasteiger partial charge is 0.481 e. The first-order chi connectivity index (χ1) is 8.69. The third-order valence-electron chi connectivity index (χ3n) is 3.53. The first-order valence-electron chi connectivity index (χ1n) is 6.72. The Morgan fingerprint density at radius 1 is 1.33 bits per heavy atom. The van der Waals surface area contributed by atoms with Gasteiger partial charge in [-0.05, 0) is 29.9 Å². The van der Waals surface area contributed by atoms with Crippen LogP contribution in [-0.2, 0) is 17.8 Å². The lowest BCUT2D eigenvalue weighted by Gasteiger charge is -2.05. The smallest absolute Gasteiger partial charge is 0.307 e. The van der Waals surface area contributed by atoms with Gasteiger partial charge in [0.1, 0.15) is 0 Å². The Hall–Kier alpha value is -1.35. The van der Waals surface area contributed by atoms with Crippen LogP contribution < -0.4 is 5.32 Å². The molecule has 0 aromatic heterocycles. The second kappa shape index (κ2) is 6.01. The number of carboxylic acid groups (broad SMARTS) is 1. The van der Waals surface area contributed by atoms with Gasteiger partial charge in [0.2, 0.25) is 0 Å². The summed E-state index contributed by atoms with van der Waals surface area (Å²) in [5.74, 6) is 0.0996. The fraction of sp³-hybridized carbons (Fsp3) is 0.533. The summed E-state index contributed by atoms with van der Waals surface area (Å²) in [6.07, 6.45) is 4.02. The van der Waals surface area contributed by atoms with Crippen LogP contribution in [0.25, 0.3) is 0 Å². The molecule has 1 fully saturated rings. The molecule has 0 amide bonds. The van der Waals surface area contributed by atoms with E-state index in [0.29, 0.717) is 6.04 Å². The van der Waals surface area contributed by atoms with Gasteiger partial charge in [-0.1, -0.05) is 37.6 Å². The van der Waals surface area contributed by atoms with E-state index in [-0.39, 0.29) is 6.42 Å². The zero-order valence-corrected chi connectivity index (χ0v) is 10.9. The van der Waals surface area contributed by atoms with Gasteiger partial charge in [0.25, 0.3) is 0 Å². The SMILES string of the molecule is CCCC1CC1NCc1ccc(CC(=O)O)cc1. The summed E-state index contributed by atoms with van der Waals surface area (Å²) in [6.45, 7) is 3.12. The van der Waals surface area contributed by atoms with Crippen LogP contribution >= 0.6 is 0 Å². The van der Waals surface area contributed by atoms with E-state index in [2.05, 4.69) is 12.2 Å². The molecule has 1 saturated carbocycles. The number of benzene rings is 1. The van der Waals surface area contributed by atoms with Crippen molar-refractivity contribution in [2.24, 2.45) is 5.92 Å². The number of aliphatic carboxylic acids is 1. The minimum atomic E-state index is -0.777. The van der Waals surface area contributed by atoms with Crippen molar-refractivity contribution in [3.05, 3.63) is 35.4 Å². The van der Waals surface area contributed by atoms with Gasteiger partial charge in [-0.15, -0.1) is 0 Å². The normalized spacial score (nSPS) is 21.8. The van der Waals surface area contributed by atoms with Gasteiger partial charge in [-0.2, -0.15) is 0 Å². The van der Waals surface area contributed by atoms with E-state index in [1.165, 1.54) is 24.8 Å². The van der Waals surface area contributed by atoms with E-state index in [0.717, 1.165) is 18.0 Å². The molecule has 0 heterocycles. The van der Waals surface area contributed by atoms with Crippen LogP contribution in [0.2, 0.25) is 0 Å². The maximum Gasteiger partial charge on any atom is 0.307 e. The monoisotopic (exact) mass is 247 g/mol. The second-order valence-electron chi connectivity index (χ2n) is 5.16. The van der Waals surface area contributed by atoms with Crippen molar-refractivity contribution < 1.29 is 9.90 Å². The zero-order chi connectivity index (χ0) is 13.0. The van der Waals surface area contributed by atoms with Gasteiger partial charge < -0.3 is 10.4 Å². The second-order valence-corrected chi connectivity index (χ2v) is 5.16. The maximum atomic E-state index is 10.6. The van der Waals surface area contributed by atoms with Gasteiger partial charge in [0.15, 0.2) is 0 Å². The quantitative estimate of drug-likeness (QED) is 0.778. The van der Waals surface area contributed by atoms with E-state index in [9.17, 15) is 4.79 Å². The number of hydrogen-bond acceptors (Lipinski definition) is 2. The molecule has 0 aliphatic heterocycles. The van der Waals surface area contributed by atoms with Crippen LogP contribution in [0.4, 0.5) is 0 Å². The third kappa shape index (κ3) is 3.84. The van der Waals surface area contributed by atoms with Crippen molar-refractivity contribution in [2.45, 2.75) is 45.2 Å². The number of carboxylic acids is 1. The molecular weight excluding hydrogens is 226 g/mol. The fourth-order valence-electron chi connectivity index (χ4n) is 2.39. The zero-order valence-electron chi connectivity index (χ0n) is 10.9. The number of nitrogens with one attached hydrogen (secondary N) is 1. The Morgan fingerprint density at radius 2 is 2.00 bits per heavy atom. The average Bonchev–Trinajstić information content (AvgIpc) is 3.07. The van der Waals surface area contributed by atoms with Crippen LogP contribution in [0.5, 0.6) is 0 Å². The van der Waals surface area contributed by atoms with Crippen LogP contribution in [0.15, 0.2) is 24.3 Å². The number of carbonyl (C=O) groups is 1. The first kappa shape index (κ1) is 13.1. The average molecular weight is 247 g/mol. The molecule has 0 spiro atoms. The minimum Gasteiger partial charge on any atom is -0.481 e. The van der Waals surface area contributed by atoms with Crippen molar-refractivity contribution in [1.29, 1.82) is 0 Å². The highest BCUT2D eigenvalue weighted by Gasteiger charge is 2.35. The van der Waals surface area contributed by atoms with Crippen molar-refractivity contribution in [2.75, 3.05) is 0 Å². The molecule has 18 heavy (non-hydrogen) atoms. The molecule has 0 saturated heterocycles. The molecular formula is C15H21NO2. The summed E-state index contributed by atoms with van der Waals surface area (Å²) in [5, 5.41) is 12.2. The number of hydrogen-bond donors (Lipinski definition) is 2. The van der Waals surface area contributed by atoms with Crippen molar-refractivity contribution in [3.63, 3.8) is 0 Å². The molecule has 0 radical (unpaired) electrons. The van der Waals surface area contributed by atoms with E-state index in [1.54, 1.807) is 0 Å². The highest BCUT2D eigenvalue weighted by Crippen LogP contribution is 2.34. The minimum absolute atomic E-state index is 0.106. The summed E-state index contributed by atoms with van der Waals surface area (Å²) in [6, 6.07) is 8.54. The predicted octanol–water partition coefficient (Wildman–Crippen LogP) is 2.59. The van der Waals surface area contributed by atoms with E-state index >= 15 is 0 Å². The van der Waals surface area contributed by atoms with Crippen molar-refractivity contribution >= 4 is 5.97 Å². The molecule has 1 aliphatic carbocycles. The summed E-state index contributed by atoms with van der Waals surface area (Å²) in [5.41, 5.74) is 2.09. The predicted molar refractivity (Wildman–Crippen MR) is 71.4 cm³/mol. The summed E-state index contributed by atoms with van der Waals surface area (Å²) in [7, 11) is 0. The van der Waals surface area contributed by atoms with Crippen LogP contribution in [0.1, 0.15) is 37.3 Å². The van der Waals surface area contributed by atoms with Gasteiger partial charge in [0, 0.05) is 12.6 Å². The Bertz CT molecular complexity index is 399. The van der Waals surface area contributed by atoms with Gasteiger partial charge in [-0.25, -0.2) is 0 Å². The molecule has 3 nitrogen and oxygen atoms in total. The molecule has 2 unspecified atom stereocenters. The Morgan fingerprint density at radius 3 is 2.61 bits per heavy atom. The highest BCUT2D eigenvalue weighted by molar-refractivity contribution is 5.70. The standard InChI is InChI=1S/C15H21NO2/c1-2-3-13-9-14(13)16-10-12-6-4-11(5-7-12)8-15(17)18/h4-7,13-14,16H,2-3,8-10H2,1H3,(H,17,18).